The molecule has 2 N–H and O–H groups in total. The number of benzene rings is 1. The molecule has 12 heavy (non-hydrogen) atoms. The Kier molecular flexibility index (Phi) is 5.57. The third-order valence-electron chi connectivity index (χ3n) is 1.16. The molecule has 0 saturated carbocycles. The summed E-state index contributed by atoms with van der Waals surface area (Å²) >= 11 is 5.72. The lowest BCUT2D eigenvalue weighted by molar-refractivity contribution is 1.30. The zero-order chi connectivity index (χ0) is 8.10. The maximum absolute atomic E-state index is 5.72. The molecule has 0 saturated heterocycles. The highest BCUT2D eigenvalue weighted by atomic mass is 35.5. The Morgan fingerprint density at radius 1 is 1.42 bits per heavy atom. The van der Waals surface area contributed by atoms with Crippen molar-refractivity contribution < 1.29 is 0 Å². The van der Waals surface area contributed by atoms with Gasteiger partial charge in [0.15, 0.2) is 0 Å². The third kappa shape index (κ3) is 3.64. The van der Waals surface area contributed by atoms with Crippen molar-refractivity contribution >= 4 is 24.0 Å². The lowest BCUT2D eigenvalue weighted by atomic mass is 10.2. The summed E-state index contributed by atoms with van der Waals surface area (Å²) in [4.78, 5) is 0. The second kappa shape index (κ2) is 5.91. The molecule has 0 bridgehead atoms. The smallest absolute Gasteiger partial charge is 0.0555 e. The third-order valence-corrected chi connectivity index (χ3v) is 1.39. The van der Waals surface area contributed by atoms with Gasteiger partial charge in [-0.3, -0.25) is 0 Å². The number of rotatable bonds is 0. The van der Waals surface area contributed by atoms with Crippen LogP contribution in [0, 0.1) is 11.8 Å². The molecule has 1 aromatic rings. The first-order valence-corrected chi connectivity index (χ1v) is 3.65. The molecule has 1 rings (SSSR count). The summed E-state index contributed by atoms with van der Waals surface area (Å²) in [7, 11) is 0. The zero-order valence-electron chi connectivity index (χ0n) is 6.38. The van der Waals surface area contributed by atoms with Gasteiger partial charge in [-0.2, -0.15) is 0 Å². The summed E-state index contributed by atoms with van der Waals surface area (Å²) in [5.74, 6) is 5.64. The molecule has 0 unspecified atom stereocenters. The monoisotopic (exact) mass is 201 g/mol. The van der Waals surface area contributed by atoms with E-state index in [0.717, 1.165) is 5.56 Å². The quantitative estimate of drug-likeness (QED) is 0.640. The van der Waals surface area contributed by atoms with E-state index in [1.54, 1.807) is 0 Å². The minimum atomic E-state index is 0. The lowest BCUT2D eigenvalue weighted by Gasteiger charge is -1.89. The molecule has 64 valence electrons. The van der Waals surface area contributed by atoms with Crippen molar-refractivity contribution in [3.63, 3.8) is 0 Å². The van der Waals surface area contributed by atoms with Crippen molar-refractivity contribution in [2.24, 2.45) is 5.73 Å². The van der Waals surface area contributed by atoms with E-state index in [2.05, 4.69) is 11.8 Å². The Morgan fingerprint density at radius 3 is 2.75 bits per heavy atom. The molecule has 0 aliphatic rings. The Hall–Kier alpha value is -0.680. The lowest BCUT2D eigenvalue weighted by Crippen LogP contribution is -1.92. The van der Waals surface area contributed by atoms with Crippen LogP contribution in [0.2, 0.25) is 5.02 Å². The van der Waals surface area contributed by atoms with Gasteiger partial charge >= 0.3 is 0 Å². The van der Waals surface area contributed by atoms with E-state index in [4.69, 9.17) is 17.3 Å². The van der Waals surface area contributed by atoms with Gasteiger partial charge in [0, 0.05) is 10.6 Å². The van der Waals surface area contributed by atoms with Crippen molar-refractivity contribution in [1.82, 2.24) is 0 Å². The van der Waals surface area contributed by atoms with Crippen LogP contribution in [0.5, 0.6) is 0 Å². The van der Waals surface area contributed by atoms with E-state index in [9.17, 15) is 0 Å². The molecule has 0 spiro atoms. The molecule has 0 aliphatic carbocycles. The van der Waals surface area contributed by atoms with Gasteiger partial charge in [-0.25, -0.2) is 0 Å². The maximum Gasteiger partial charge on any atom is 0.0555 e. The van der Waals surface area contributed by atoms with Crippen LogP contribution in [-0.4, -0.2) is 6.54 Å². The van der Waals surface area contributed by atoms with Crippen molar-refractivity contribution in [2.75, 3.05) is 6.54 Å². The van der Waals surface area contributed by atoms with Crippen LogP contribution in [0.25, 0.3) is 0 Å². The summed E-state index contributed by atoms with van der Waals surface area (Å²) in [5.41, 5.74) is 6.11. The largest absolute Gasteiger partial charge is 0.320 e. The normalized spacial score (nSPS) is 7.83. The van der Waals surface area contributed by atoms with Crippen molar-refractivity contribution in [3.8, 4) is 11.8 Å². The van der Waals surface area contributed by atoms with Gasteiger partial charge in [-0.15, -0.1) is 12.4 Å². The Morgan fingerprint density at radius 2 is 2.17 bits per heavy atom. The van der Waals surface area contributed by atoms with E-state index in [1.807, 2.05) is 24.3 Å². The van der Waals surface area contributed by atoms with Crippen LogP contribution in [-0.2, 0) is 0 Å². The highest BCUT2D eigenvalue weighted by Gasteiger charge is 1.86. The number of halogens is 2. The molecule has 0 atom stereocenters. The zero-order valence-corrected chi connectivity index (χ0v) is 7.95. The summed E-state index contributed by atoms with van der Waals surface area (Å²) in [6.45, 7) is 0.381. The van der Waals surface area contributed by atoms with Crippen LogP contribution >= 0.6 is 24.0 Å². The van der Waals surface area contributed by atoms with E-state index < -0.39 is 0 Å². The average Bonchev–Trinajstić information content (AvgIpc) is 2.01. The molecule has 3 heteroatoms. The molecule has 0 fully saturated rings. The van der Waals surface area contributed by atoms with Crippen LogP contribution < -0.4 is 5.73 Å². The molecule has 0 aliphatic heterocycles. The van der Waals surface area contributed by atoms with Gasteiger partial charge in [0.1, 0.15) is 0 Å². The molecule has 0 radical (unpaired) electrons. The standard InChI is InChI=1S/C9H8ClN.ClH/c10-9-5-1-3-8(7-9)4-2-6-11;/h1,3,5,7H,6,11H2;1H. The molecule has 1 nitrogen and oxygen atoms in total. The second-order valence-corrected chi connectivity index (χ2v) is 2.45. The van der Waals surface area contributed by atoms with E-state index in [0.29, 0.717) is 11.6 Å². The predicted octanol–water partition coefficient (Wildman–Crippen LogP) is 2.07. The highest BCUT2D eigenvalue weighted by Crippen LogP contribution is 2.08. The van der Waals surface area contributed by atoms with Gasteiger partial charge in [0.25, 0.3) is 0 Å². The Bertz CT molecular complexity index is 299. The molecule has 0 heterocycles. The molecular formula is C9H9Cl2N. The first kappa shape index (κ1) is 11.3. The first-order chi connectivity index (χ1) is 5.33. The SMILES string of the molecule is Cl.NCC#Cc1cccc(Cl)c1. The molecule has 1 aromatic carbocycles. The van der Waals surface area contributed by atoms with Crippen molar-refractivity contribution in [1.29, 1.82) is 0 Å². The molecule has 0 amide bonds. The van der Waals surface area contributed by atoms with Gasteiger partial charge in [0.05, 0.1) is 6.54 Å². The maximum atomic E-state index is 5.72. The second-order valence-electron chi connectivity index (χ2n) is 2.02. The minimum absolute atomic E-state index is 0. The fraction of sp³-hybridized carbons (Fsp3) is 0.111. The van der Waals surface area contributed by atoms with Crippen LogP contribution in [0.4, 0.5) is 0 Å². The fourth-order valence-corrected chi connectivity index (χ4v) is 0.910. The highest BCUT2D eigenvalue weighted by molar-refractivity contribution is 6.30. The van der Waals surface area contributed by atoms with Crippen LogP contribution in [0.1, 0.15) is 5.56 Å². The summed E-state index contributed by atoms with van der Waals surface area (Å²) in [6.07, 6.45) is 0. The predicted molar refractivity (Wildman–Crippen MR) is 54.6 cm³/mol. The topological polar surface area (TPSA) is 26.0 Å². The van der Waals surface area contributed by atoms with Crippen LogP contribution in [0.3, 0.4) is 0 Å². The van der Waals surface area contributed by atoms with E-state index >= 15 is 0 Å². The number of nitrogens with two attached hydrogens (primary N) is 1. The Balaban J connectivity index is 0.00000121. The average molecular weight is 202 g/mol. The number of hydrogen-bond acceptors (Lipinski definition) is 1. The Labute approximate surface area is 83.3 Å². The minimum Gasteiger partial charge on any atom is -0.320 e. The van der Waals surface area contributed by atoms with Gasteiger partial charge in [-0.05, 0) is 18.2 Å². The van der Waals surface area contributed by atoms with Crippen molar-refractivity contribution in [3.05, 3.63) is 34.9 Å². The molecular weight excluding hydrogens is 193 g/mol. The van der Waals surface area contributed by atoms with Gasteiger partial charge in [0.2, 0.25) is 0 Å². The molecule has 0 aromatic heterocycles. The van der Waals surface area contributed by atoms with Gasteiger partial charge < -0.3 is 5.73 Å². The van der Waals surface area contributed by atoms with Crippen molar-refractivity contribution in [2.45, 2.75) is 0 Å². The fourth-order valence-electron chi connectivity index (χ4n) is 0.719. The van der Waals surface area contributed by atoms with Gasteiger partial charge in [-0.1, -0.05) is 29.5 Å². The van der Waals surface area contributed by atoms with Crippen LogP contribution in [0.15, 0.2) is 24.3 Å². The summed E-state index contributed by atoms with van der Waals surface area (Å²) in [5, 5.41) is 0.703. The van der Waals surface area contributed by atoms with E-state index in [-0.39, 0.29) is 12.4 Å². The summed E-state index contributed by atoms with van der Waals surface area (Å²) < 4.78 is 0. The van der Waals surface area contributed by atoms with E-state index in [1.165, 1.54) is 0 Å². The number of hydrogen-bond donors (Lipinski definition) is 1. The first-order valence-electron chi connectivity index (χ1n) is 3.27. The summed E-state index contributed by atoms with van der Waals surface area (Å²) in [6, 6.07) is 7.39.